The molecule has 0 aliphatic heterocycles. The van der Waals surface area contributed by atoms with Crippen LogP contribution in [0.4, 0.5) is 0 Å². The number of aliphatic hydroxyl groups is 1. The van der Waals surface area contributed by atoms with Gasteiger partial charge in [0.25, 0.3) is 0 Å². The van der Waals surface area contributed by atoms with Gasteiger partial charge in [0.2, 0.25) is 0 Å². The average molecular weight is 236 g/mol. The van der Waals surface area contributed by atoms with Gasteiger partial charge in [-0.1, -0.05) is 36.4 Å². The van der Waals surface area contributed by atoms with E-state index in [0.717, 1.165) is 10.9 Å². The third-order valence-electron chi connectivity index (χ3n) is 3.75. The van der Waals surface area contributed by atoms with Gasteiger partial charge in [0.15, 0.2) is 0 Å². The van der Waals surface area contributed by atoms with Crippen LogP contribution in [0.1, 0.15) is 16.7 Å². The van der Waals surface area contributed by atoms with Gasteiger partial charge >= 0.3 is 0 Å². The Morgan fingerprint density at radius 2 is 1.56 bits per heavy atom. The van der Waals surface area contributed by atoms with Crippen molar-refractivity contribution in [1.82, 2.24) is 0 Å². The van der Waals surface area contributed by atoms with E-state index in [2.05, 4.69) is 44.2 Å². The van der Waals surface area contributed by atoms with Gasteiger partial charge in [0, 0.05) is 0 Å². The molecule has 90 valence electrons. The van der Waals surface area contributed by atoms with Crippen LogP contribution in [0.3, 0.4) is 0 Å². The first-order chi connectivity index (χ1) is 8.70. The molecule has 0 fully saturated rings. The van der Waals surface area contributed by atoms with Gasteiger partial charge in [0.1, 0.15) is 0 Å². The molecule has 1 heteroatoms. The highest BCUT2D eigenvalue weighted by Gasteiger charge is 2.07. The second-order valence-electron chi connectivity index (χ2n) is 4.89. The van der Waals surface area contributed by atoms with E-state index in [1.807, 2.05) is 12.1 Å². The lowest BCUT2D eigenvalue weighted by atomic mass is 9.94. The topological polar surface area (TPSA) is 20.2 Å². The van der Waals surface area contributed by atoms with Crippen molar-refractivity contribution in [1.29, 1.82) is 0 Å². The lowest BCUT2D eigenvalue weighted by Gasteiger charge is -2.11. The minimum atomic E-state index is 0.0837. The summed E-state index contributed by atoms with van der Waals surface area (Å²) in [6.45, 7) is 4.33. The summed E-state index contributed by atoms with van der Waals surface area (Å²) in [6, 6.07) is 14.8. The van der Waals surface area contributed by atoms with Crippen LogP contribution in [0.2, 0.25) is 0 Å². The van der Waals surface area contributed by atoms with Gasteiger partial charge in [-0.2, -0.15) is 0 Å². The quantitative estimate of drug-likeness (QED) is 0.631. The van der Waals surface area contributed by atoms with Crippen LogP contribution in [0, 0.1) is 13.8 Å². The molecule has 0 heterocycles. The third kappa shape index (κ3) is 1.59. The number of hydrogen-bond donors (Lipinski definition) is 1. The molecule has 1 nitrogen and oxygen atoms in total. The van der Waals surface area contributed by atoms with Crippen LogP contribution >= 0.6 is 0 Å². The van der Waals surface area contributed by atoms with E-state index < -0.39 is 0 Å². The van der Waals surface area contributed by atoms with Gasteiger partial charge in [-0.3, -0.25) is 0 Å². The zero-order valence-electron chi connectivity index (χ0n) is 10.7. The van der Waals surface area contributed by atoms with Crippen molar-refractivity contribution >= 4 is 21.5 Å². The molecule has 0 radical (unpaired) electrons. The molecule has 0 atom stereocenters. The standard InChI is InChI=1S/C17H16O/c1-11-7-14-9-13-5-3-4-6-15(13)17(10-18)16(14)8-12(11)2/h3-9,18H,10H2,1-2H3. The number of aryl methyl sites for hydroxylation is 2. The first kappa shape index (κ1) is 11.2. The summed E-state index contributed by atoms with van der Waals surface area (Å²) in [7, 11) is 0. The summed E-state index contributed by atoms with van der Waals surface area (Å²) in [5.74, 6) is 0. The molecule has 3 aromatic carbocycles. The second-order valence-corrected chi connectivity index (χ2v) is 4.89. The molecule has 0 amide bonds. The van der Waals surface area contributed by atoms with E-state index in [4.69, 9.17) is 0 Å². The molecular weight excluding hydrogens is 220 g/mol. The van der Waals surface area contributed by atoms with E-state index >= 15 is 0 Å². The maximum absolute atomic E-state index is 9.69. The van der Waals surface area contributed by atoms with Gasteiger partial charge in [-0.25, -0.2) is 0 Å². The lowest BCUT2D eigenvalue weighted by Crippen LogP contribution is -1.91. The molecule has 0 saturated heterocycles. The highest BCUT2D eigenvalue weighted by atomic mass is 16.3. The number of aliphatic hydroxyl groups excluding tert-OH is 1. The van der Waals surface area contributed by atoms with Crippen molar-refractivity contribution in [2.45, 2.75) is 20.5 Å². The smallest absolute Gasteiger partial charge is 0.0693 e. The van der Waals surface area contributed by atoms with E-state index in [1.165, 1.54) is 27.3 Å². The van der Waals surface area contributed by atoms with Crippen LogP contribution in [0.5, 0.6) is 0 Å². The summed E-state index contributed by atoms with van der Waals surface area (Å²) in [5.41, 5.74) is 3.60. The average Bonchev–Trinajstić information content (AvgIpc) is 2.38. The van der Waals surface area contributed by atoms with E-state index in [-0.39, 0.29) is 6.61 Å². The van der Waals surface area contributed by atoms with Gasteiger partial charge in [-0.15, -0.1) is 0 Å². The molecule has 3 rings (SSSR count). The number of hydrogen-bond acceptors (Lipinski definition) is 1. The van der Waals surface area contributed by atoms with Crippen molar-refractivity contribution in [2.75, 3.05) is 0 Å². The predicted molar refractivity (Wildman–Crippen MR) is 76.9 cm³/mol. The molecule has 0 aliphatic rings. The van der Waals surface area contributed by atoms with Gasteiger partial charge < -0.3 is 5.11 Å². The highest BCUT2D eigenvalue weighted by Crippen LogP contribution is 2.30. The van der Waals surface area contributed by atoms with Crippen molar-refractivity contribution in [2.24, 2.45) is 0 Å². The summed E-state index contributed by atoms with van der Waals surface area (Å²) in [4.78, 5) is 0. The third-order valence-corrected chi connectivity index (χ3v) is 3.75. The molecule has 0 saturated carbocycles. The monoisotopic (exact) mass is 236 g/mol. The second kappa shape index (κ2) is 4.11. The Labute approximate surface area is 107 Å². The molecule has 1 N–H and O–H groups in total. The fraction of sp³-hybridized carbons (Fsp3) is 0.176. The fourth-order valence-electron chi connectivity index (χ4n) is 2.60. The van der Waals surface area contributed by atoms with Crippen LogP contribution < -0.4 is 0 Å². The number of benzene rings is 3. The van der Waals surface area contributed by atoms with Crippen LogP contribution in [0.15, 0.2) is 42.5 Å². The van der Waals surface area contributed by atoms with Crippen molar-refractivity contribution in [3.63, 3.8) is 0 Å². The Balaban J connectivity index is 2.54. The first-order valence-corrected chi connectivity index (χ1v) is 6.23. The Bertz CT molecular complexity index is 741. The maximum Gasteiger partial charge on any atom is 0.0693 e. The van der Waals surface area contributed by atoms with Crippen molar-refractivity contribution in [3.05, 3.63) is 59.2 Å². The molecular formula is C17H16O. The Morgan fingerprint density at radius 3 is 2.33 bits per heavy atom. The molecule has 18 heavy (non-hydrogen) atoms. The molecule has 0 bridgehead atoms. The van der Waals surface area contributed by atoms with Crippen LogP contribution in [-0.2, 0) is 6.61 Å². The Kier molecular flexibility index (Phi) is 2.57. The normalized spacial score (nSPS) is 11.3. The van der Waals surface area contributed by atoms with Crippen LogP contribution in [-0.4, -0.2) is 5.11 Å². The van der Waals surface area contributed by atoms with Crippen LogP contribution in [0.25, 0.3) is 21.5 Å². The summed E-state index contributed by atoms with van der Waals surface area (Å²) in [6.07, 6.45) is 0. The fourth-order valence-corrected chi connectivity index (χ4v) is 2.60. The minimum Gasteiger partial charge on any atom is -0.392 e. The highest BCUT2D eigenvalue weighted by molar-refractivity contribution is 6.02. The largest absolute Gasteiger partial charge is 0.392 e. The zero-order valence-corrected chi connectivity index (χ0v) is 10.7. The molecule has 0 spiro atoms. The van der Waals surface area contributed by atoms with Crippen molar-refractivity contribution in [3.8, 4) is 0 Å². The van der Waals surface area contributed by atoms with Crippen molar-refractivity contribution < 1.29 is 5.11 Å². The van der Waals surface area contributed by atoms with E-state index in [0.29, 0.717) is 0 Å². The summed E-state index contributed by atoms with van der Waals surface area (Å²) in [5, 5.41) is 14.4. The van der Waals surface area contributed by atoms with E-state index in [9.17, 15) is 5.11 Å². The Morgan fingerprint density at radius 1 is 0.833 bits per heavy atom. The molecule has 0 aromatic heterocycles. The number of fused-ring (bicyclic) bond motifs is 2. The molecule has 0 unspecified atom stereocenters. The SMILES string of the molecule is Cc1cc2cc3ccccc3c(CO)c2cc1C. The Hall–Kier alpha value is -1.86. The summed E-state index contributed by atoms with van der Waals surface area (Å²) >= 11 is 0. The summed E-state index contributed by atoms with van der Waals surface area (Å²) < 4.78 is 0. The lowest BCUT2D eigenvalue weighted by molar-refractivity contribution is 0.285. The predicted octanol–water partition coefficient (Wildman–Crippen LogP) is 4.10. The maximum atomic E-state index is 9.69. The zero-order chi connectivity index (χ0) is 12.7. The van der Waals surface area contributed by atoms with Gasteiger partial charge in [-0.05, 0) is 58.1 Å². The number of rotatable bonds is 1. The van der Waals surface area contributed by atoms with E-state index in [1.54, 1.807) is 0 Å². The molecule has 3 aromatic rings. The first-order valence-electron chi connectivity index (χ1n) is 6.23. The van der Waals surface area contributed by atoms with Gasteiger partial charge in [0.05, 0.1) is 6.61 Å². The minimum absolute atomic E-state index is 0.0837. The molecule has 0 aliphatic carbocycles.